The van der Waals surface area contributed by atoms with Crippen LogP contribution in [0.2, 0.25) is 0 Å². The van der Waals surface area contributed by atoms with Gasteiger partial charge >= 0.3 is 5.97 Å². The SMILES string of the molecule is COC(=O)c1cc2n(n1)CCN(C1CCN(C(=O)c3ccncc3)CC1)C2. The molecule has 1 saturated heterocycles. The third kappa shape index (κ3) is 3.57. The van der Waals surface area contributed by atoms with Crippen molar-refractivity contribution < 1.29 is 14.3 Å². The fourth-order valence-corrected chi connectivity index (χ4v) is 3.91. The maximum Gasteiger partial charge on any atom is 0.358 e. The number of methoxy groups -OCH3 is 1. The maximum atomic E-state index is 12.6. The molecule has 0 aromatic carbocycles. The Bertz CT molecular complexity index is 827. The van der Waals surface area contributed by atoms with Gasteiger partial charge in [-0.05, 0) is 31.0 Å². The number of aromatic nitrogens is 3. The number of ether oxygens (including phenoxy) is 1. The Kier molecular flexibility index (Phi) is 4.89. The van der Waals surface area contributed by atoms with E-state index in [1.165, 1.54) is 7.11 Å². The van der Waals surface area contributed by atoms with Gasteiger partial charge < -0.3 is 9.64 Å². The van der Waals surface area contributed by atoms with Gasteiger partial charge in [0.05, 0.1) is 19.3 Å². The molecule has 2 aliphatic heterocycles. The molecule has 0 unspecified atom stereocenters. The topological polar surface area (TPSA) is 80.6 Å². The van der Waals surface area contributed by atoms with Crippen molar-refractivity contribution in [2.45, 2.75) is 32.0 Å². The number of hydrogen-bond donors (Lipinski definition) is 0. The van der Waals surface area contributed by atoms with Crippen LogP contribution in [0.4, 0.5) is 0 Å². The van der Waals surface area contributed by atoms with Crippen LogP contribution in [0.15, 0.2) is 30.6 Å². The molecule has 0 saturated carbocycles. The first-order valence-corrected chi connectivity index (χ1v) is 9.24. The number of carbonyl (C=O) groups is 2. The summed E-state index contributed by atoms with van der Waals surface area (Å²) in [5.74, 6) is -0.318. The molecule has 142 valence electrons. The van der Waals surface area contributed by atoms with Gasteiger partial charge in [-0.15, -0.1) is 0 Å². The number of nitrogens with zero attached hydrogens (tertiary/aromatic N) is 5. The molecule has 2 aromatic rings. The Morgan fingerprint density at radius 2 is 1.85 bits per heavy atom. The van der Waals surface area contributed by atoms with Crippen LogP contribution in [0.3, 0.4) is 0 Å². The number of fused-ring (bicyclic) bond motifs is 1. The van der Waals surface area contributed by atoms with Crippen molar-refractivity contribution in [2.24, 2.45) is 0 Å². The zero-order chi connectivity index (χ0) is 18.8. The average molecular weight is 369 g/mol. The van der Waals surface area contributed by atoms with Crippen molar-refractivity contribution >= 4 is 11.9 Å². The van der Waals surface area contributed by atoms with Gasteiger partial charge in [-0.1, -0.05) is 0 Å². The van der Waals surface area contributed by atoms with E-state index in [4.69, 9.17) is 4.74 Å². The van der Waals surface area contributed by atoms with Crippen LogP contribution < -0.4 is 0 Å². The maximum absolute atomic E-state index is 12.6. The molecule has 8 nitrogen and oxygen atoms in total. The summed E-state index contributed by atoms with van der Waals surface area (Å²) in [7, 11) is 1.37. The molecule has 8 heteroatoms. The number of pyridine rings is 1. The highest BCUT2D eigenvalue weighted by atomic mass is 16.5. The van der Waals surface area contributed by atoms with E-state index in [0.717, 1.165) is 51.3 Å². The van der Waals surface area contributed by atoms with Crippen LogP contribution in [0.5, 0.6) is 0 Å². The smallest absolute Gasteiger partial charge is 0.358 e. The summed E-state index contributed by atoms with van der Waals surface area (Å²) >= 11 is 0. The van der Waals surface area contributed by atoms with Crippen molar-refractivity contribution in [3.63, 3.8) is 0 Å². The van der Waals surface area contributed by atoms with Crippen molar-refractivity contribution in [1.29, 1.82) is 0 Å². The molecule has 0 spiro atoms. The van der Waals surface area contributed by atoms with E-state index in [9.17, 15) is 9.59 Å². The quantitative estimate of drug-likeness (QED) is 0.756. The third-order valence-corrected chi connectivity index (χ3v) is 5.42. The Hall–Kier alpha value is -2.74. The predicted octanol–water partition coefficient (Wildman–Crippen LogP) is 1.19. The number of carbonyl (C=O) groups excluding carboxylic acids is 2. The van der Waals surface area contributed by atoms with E-state index < -0.39 is 5.97 Å². The Labute approximate surface area is 157 Å². The molecule has 2 aromatic heterocycles. The first-order chi connectivity index (χ1) is 13.2. The molecule has 0 atom stereocenters. The van der Waals surface area contributed by atoms with Crippen molar-refractivity contribution in [3.05, 3.63) is 47.5 Å². The van der Waals surface area contributed by atoms with Gasteiger partial charge in [0.25, 0.3) is 5.91 Å². The second kappa shape index (κ2) is 7.48. The standard InChI is InChI=1S/C19H23N5O3/c1-27-19(26)17-12-16-13-23(10-11-24(16)21-17)15-4-8-22(9-5-15)18(25)14-2-6-20-7-3-14/h2-3,6-7,12,15H,4-5,8-11,13H2,1H3. The minimum absolute atomic E-state index is 0.0790. The summed E-state index contributed by atoms with van der Waals surface area (Å²) in [6.07, 6.45) is 5.21. The highest BCUT2D eigenvalue weighted by Crippen LogP contribution is 2.23. The number of rotatable bonds is 3. The van der Waals surface area contributed by atoms with Gasteiger partial charge in [0.15, 0.2) is 5.69 Å². The molecule has 4 rings (SSSR count). The number of esters is 1. The van der Waals surface area contributed by atoms with Crippen LogP contribution in [-0.2, 0) is 17.8 Å². The van der Waals surface area contributed by atoms with Gasteiger partial charge in [0.1, 0.15) is 0 Å². The van der Waals surface area contributed by atoms with Crippen LogP contribution in [0.25, 0.3) is 0 Å². The summed E-state index contributed by atoms with van der Waals surface area (Å²) in [6, 6.07) is 5.79. The molecule has 1 fully saturated rings. The predicted molar refractivity (Wildman–Crippen MR) is 97.1 cm³/mol. The molecular weight excluding hydrogens is 346 g/mol. The highest BCUT2D eigenvalue weighted by molar-refractivity contribution is 5.94. The van der Waals surface area contributed by atoms with E-state index in [-0.39, 0.29) is 5.91 Å². The lowest BCUT2D eigenvalue weighted by molar-refractivity contribution is 0.0562. The minimum atomic E-state index is -0.397. The zero-order valence-corrected chi connectivity index (χ0v) is 15.4. The second-order valence-electron chi connectivity index (χ2n) is 6.97. The fourth-order valence-electron chi connectivity index (χ4n) is 3.91. The van der Waals surface area contributed by atoms with Crippen LogP contribution in [0.1, 0.15) is 39.4 Å². The number of likely N-dealkylation sites (tertiary alicyclic amines) is 1. The lowest BCUT2D eigenvalue weighted by Crippen LogP contribution is -2.48. The molecule has 4 heterocycles. The van der Waals surface area contributed by atoms with E-state index in [1.807, 2.05) is 15.6 Å². The highest BCUT2D eigenvalue weighted by Gasteiger charge is 2.30. The Morgan fingerprint density at radius 1 is 1.11 bits per heavy atom. The first-order valence-electron chi connectivity index (χ1n) is 9.24. The van der Waals surface area contributed by atoms with Gasteiger partial charge in [0.2, 0.25) is 0 Å². The van der Waals surface area contributed by atoms with Crippen molar-refractivity contribution in [3.8, 4) is 0 Å². The molecule has 27 heavy (non-hydrogen) atoms. The molecule has 0 bridgehead atoms. The van der Waals surface area contributed by atoms with Crippen LogP contribution >= 0.6 is 0 Å². The summed E-state index contributed by atoms with van der Waals surface area (Å²) in [5.41, 5.74) is 2.10. The zero-order valence-electron chi connectivity index (χ0n) is 15.4. The fraction of sp³-hybridized carbons (Fsp3) is 0.474. The van der Waals surface area contributed by atoms with E-state index >= 15 is 0 Å². The number of piperidine rings is 1. The second-order valence-corrected chi connectivity index (χ2v) is 6.97. The summed E-state index contributed by atoms with van der Waals surface area (Å²) < 4.78 is 6.65. The van der Waals surface area contributed by atoms with E-state index in [2.05, 4.69) is 15.0 Å². The average Bonchev–Trinajstić information content (AvgIpc) is 3.17. The van der Waals surface area contributed by atoms with E-state index in [0.29, 0.717) is 17.3 Å². The molecule has 1 amide bonds. The summed E-state index contributed by atoms with van der Waals surface area (Å²) in [5, 5.41) is 4.33. The lowest BCUT2D eigenvalue weighted by atomic mass is 10.0. The number of hydrogen-bond acceptors (Lipinski definition) is 6. The molecule has 0 radical (unpaired) electrons. The normalized spacial score (nSPS) is 18.2. The van der Waals surface area contributed by atoms with Gasteiger partial charge in [-0.25, -0.2) is 4.79 Å². The number of amides is 1. The molecular formula is C19H23N5O3. The van der Waals surface area contributed by atoms with Gasteiger partial charge in [-0.2, -0.15) is 5.10 Å². The summed E-state index contributed by atoms with van der Waals surface area (Å²) in [4.78, 5) is 32.6. The Balaban J connectivity index is 1.36. The van der Waals surface area contributed by atoms with Crippen molar-refractivity contribution in [2.75, 3.05) is 26.7 Å². The summed E-state index contributed by atoms with van der Waals surface area (Å²) in [6.45, 7) is 3.96. The first kappa shape index (κ1) is 17.7. The minimum Gasteiger partial charge on any atom is -0.464 e. The van der Waals surface area contributed by atoms with Crippen LogP contribution in [0, 0.1) is 0 Å². The van der Waals surface area contributed by atoms with Crippen LogP contribution in [-0.4, -0.2) is 69.2 Å². The largest absolute Gasteiger partial charge is 0.464 e. The third-order valence-electron chi connectivity index (χ3n) is 5.42. The molecule has 2 aliphatic rings. The van der Waals surface area contributed by atoms with E-state index in [1.54, 1.807) is 24.5 Å². The van der Waals surface area contributed by atoms with Crippen molar-refractivity contribution in [1.82, 2.24) is 24.6 Å². The van der Waals surface area contributed by atoms with Gasteiger partial charge in [-0.3, -0.25) is 19.4 Å². The Morgan fingerprint density at radius 3 is 2.56 bits per heavy atom. The molecule has 0 N–H and O–H groups in total. The lowest BCUT2D eigenvalue weighted by Gasteiger charge is -2.40. The molecule has 0 aliphatic carbocycles. The monoisotopic (exact) mass is 369 g/mol. The van der Waals surface area contributed by atoms with Gasteiger partial charge in [0, 0.05) is 50.2 Å².